The van der Waals surface area contributed by atoms with Gasteiger partial charge in [0.05, 0.1) is 5.69 Å². The molecule has 1 aliphatic heterocycles. The van der Waals surface area contributed by atoms with Gasteiger partial charge in [-0.1, -0.05) is 0 Å². The van der Waals surface area contributed by atoms with E-state index in [4.69, 9.17) is 5.73 Å². The Balaban J connectivity index is 2.41. The van der Waals surface area contributed by atoms with E-state index < -0.39 is 0 Å². The van der Waals surface area contributed by atoms with Crippen LogP contribution < -0.4 is 11.1 Å². The molecule has 0 fully saturated rings. The van der Waals surface area contributed by atoms with Gasteiger partial charge in [0.25, 0.3) is 0 Å². The van der Waals surface area contributed by atoms with Gasteiger partial charge in [-0.2, -0.15) is 5.10 Å². The summed E-state index contributed by atoms with van der Waals surface area (Å²) in [6.07, 6.45) is 1.01. The molecule has 1 aliphatic rings. The molecule has 0 spiro atoms. The fraction of sp³-hybridized carbons (Fsp3) is 0.625. The third kappa shape index (κ3) is 1.04. The van der Waals surface area contributed by atoms with Crippen molar-refractivity contribution in [2.75, 3.05) is 13.1 Å². The smallest absolute Gasteiger partial charge is 0.0685 e. The van der Waals surface area contributed by atoms with Crippen LogP contribution in [0.2, 0.25) is 0 Å². The lowest BCUT2D eigenvalue weighted by atomic mass is 9.99. The first-order valence-corrected chi connectivity index (χ1v) is 4.30. The summed E-state index contributed by atoms with van der Waals surface area (Å²) < 4.78 is 0. The van der Waals surface area contributed by atoms with Crippen molar-refractivity contribution >= 4 is 0 Å². The summed E-state index contributed by atoms with van der Waals surface area (Å²) in [5, 5.41) is 10.6. The minimum atomic E-state index is 0.299. The molecule has 2 rings (SSSR count). The summed E-state index contributed by atoms with van der Waals surface area (Å²) in [4.78, 5) is 0. The molecule has 0 bridgehead atoms. The van der Waals surface area contributed by atoms with Crippen molar-refractivity contribution in [3.63, 3.8) is 0 Å². The summed E-state index contributed by atoms with van der Waals surface area (Å²) in [6, 6.07) is 0.299. The lowest BCUT2D eigenvalue weighted by molar-refractivity contribution is 0.509. The number of rotatable bonds is 1. The van der Waals surface area contributed by atoms with Crippen LogP contribution in [0.5, 0.6) is 0 Å². The Morgan fingerprint density at radius 3 is 3.25 bits per heavy atom. The van der Waals surface area contributed by atoms with Crippen molar-refractivity contribution in [2.24, 2.45) is 5.73 Å². The molecule has 0 saturated heterocycles. The highest BCUT2D eigenvalue weighted by molar-refractivity contribution is 5.30. The summed E-state index contributed by atoms with van der Waals surface area (Å²) in [6.45, 7) is 3.67. The summed E-state index contributed by atoms with van der Waals surface area (Å²) >= 11 is 0. The number of hydrogen-bond donors (Lipinski definition) is 3. The standard InChI is InChI=1S/C8H14N4/c1-5-8-6(12-11-5)2-3-10-7(8)4-9/h7,10H,2-4,9H2,1H3,(H,11,12). The second-order valence-corrected chi connectivity index (χ2v) is 3.20. The maximum atomic E-state index is 5.64. The topological polar surface area (TPSA) is 66.7 Å². The van der Waals surface area contributed by atoms with E-state index in [0.717, 1.165) is 18.7 Å². The Kier molecular flexibility index (Phi) is 1.86. The van der Waals surface area contributed by atoms with Crippen molar-refractivity contribution in [2.45, 2.75) is 19.4 Å². The van der Waals surface area contributed by atoms with Gasteiger partial charge in [-0.05, 0) is 6.92 Å². The highest BCUT2D eigenvalue weighted by Gasteiger charge is 2.22. The van der Waals surface area contributed by atoms with Crippen LogP contribution in [0.25, 0.3) is 0 Å². The van der Waals surface area contributed by atoms with Gasteiger partial charge in [-0.3, -0.25) is 5.10 Å². The zero-order chi connectivity index (χ0) is 8.55. The van der Waals surface area contributed by atoms with Gasteiger partial charge in [0.15, 0.2) is 0 Å². The fourth-order valence-electron chi connectivity index (χ4n) is 1.81. The van der Waals surface area contributed by atoms with E-state index in [1.807, 2.05) is 6.92 Å². The molecule has 4 nitrogen and oxygen atoms in total. The van der Waals surface area contributed by atoms with Crippen LogP contribution in [-0.2, 0) is 6.42 Å². The Morgan fingerprint density at radius 1 is 1.67 bits per heavy atom. The molecule has 0 radical (unpaired) electrons. The quantitative estimate of drug-likeness (QED) is 0.544. The minimum absolute atomic E-state index is 0.299. The van der Waals surface area contributed by atoms with Gasteiger partial charge < -0.3 is 11.1 Å². The maximum absolute atomic E-state index is 5.64. The van der Waals surface area contributed by atoms with Crippen LogP contribution in [0.4, 0.5) is 0 Å². The second-order valence-electron chi connectivity index (χ2n) is 3.20. The van der Waals surface area contributed by atoms with E-state index in [9.17, 15) is 0 Å². The number of hydrogen-bond acceptors (Lipinski definition) is 3. The van der Waals surface area contributed by atoms with Crippen LogP contribution in [0.15, 0.2) is 0 Å². The van der Waals surface area contributed by atoms with Gasteiger partial charge in [-0.15, -0.1) is 0 Å². The molecule has 1 unspecified atom stereocenters. The number of H-pyrrole nitrogens is 1. The zero-order valence-corrected chi connectivity index (χ0v) is 7.22. The molecule has 1 atom stereocenters. The number of aromatic amines is 1. The average molecular weight is 166 g/mol. The SMILES string of the molecule is Cc1[nH]nc2c1C(CN)NCC2. The largest absolute Gasteiger partial charge is 0.329 e. The molecule has 0 aromatic carbocycles. The normalized spacial score (nSPS) is 22.3. The van der Waals surface area contributed by atoms with Crippen LogP contribution in [0.1, 0.15) is 23.0 Å². The molecule has 0 aliphatic carbocycles. The molecule has 4 heteroatoms. The Bertz CT molecular complexity index is 279. The number of nitrogens with one attached hydrogen (secondary N) is 2. The Hall–Kier alpha value is -0.870. The average Bonchev–Trinajstić information content (AvgIpc) is 2.48. The predicted molar refractivity (Wildman–Crippen MR) is 46.8 cm³/mol. The van der Waals surface area contributed by atoms with Crippen molar-refractivity contribution in [3.8, 4) is 0 Å². The first-order chi connectivity index (χ1) is 5.83. The molecule has 1 aromatic rings. The zero-order valence-electron chi connectivity index (χ0n) is 7.22. The van der Waals surface area contributed by atoms with E-state index in [0.29, 0.717) is 12.6 Å². The fourth-order valence-corrected chi connectivity index (χ4v) is 1.81. The third-order valence-electron chi connectivity index (χ3n) is 2.41. The lowest BCUT2D eigenvalue weighted by Crippen LogP contribution is -2.34. The van der Waals surface area contributed by atoms with Crippen molar-refractivity contribution in [3.05, 3.63) is 17.0 Å². The van der Waals surface area contributed by atoms with Crippen molar-refractivity contribution < 1.29 is 0 Å². The molecular weight excluding hydrogens is 152 g/mol. The maximum Gasteiger partial charge on any atom is 0.0685 e. The first kappa shape index (κ1) is 7.76. The Labute approximate surface area is 71.5 Å². The molecule has 12 heavy (non-hydrogen) atoms. The third-order valence-corrected chi connectivity index (χ3v) is 2.41. The van der Waals surface area contributed by atoms with E-state index in [1.54, 1.807) is 0 Å². The van der Waals surface area contributed by atoms with Gasteiger partial charge in [0.2, 0.25) is 0 Å². The van der Waals surface area contributed by atoms with Gasteiger partial charge in [-0.25, -0.2) is 0 Å². The van der Waals surface area contributed by atoms with E-state index in [2.05, 4.69) is 15.5 Å². The van der Waals surface area contributed by atoms with Crippen LogP contribution in [0, 0.1) is 6.92 Å². The summed E-state index contributed by atoms with van der Waals surface area (Å²) in [7, 11) is 0. The number of nitrogens with zero attached hydrogens (tertiary/aromatic N) is 1. The molecule has 0 amide bonds. The Morgan fingerprint density at radius 2 is 2.50 bits per heavy atom. The van der Waals surface area contributed by atoms with Crippen molar-refractivity contribution in [1.29, 1.82) is 0 Å². The minimum Gasteiger partial charge on any atom is -0.329 e. The summed E-state index contributed by atoms with van der Waals surface area (Å²) in [5.74, 6) is 0. The van der Waals surface area contributed by atoms with E-state index in [-0.39, 0.29) is 0 Å². The lowest BCUT2D eigenvalue weighted by Gasteiger charge is -2.22. The van der Waals surface area contributed by atoms with Gasteiger partial charge >= 0.3 is 0 Å². The second kappa shape index (κ2) is 2.88. The van der Waals surface area contributed by atoms with E-state index in [1.165, 1.54) is 11.3 Å². The van der Waals surface area contributed by atoms with E-state index >= 15 is 0 Å². The molecule has 2 heterocycles. The molecule has 0 saturated carbocycles. The highest BCUT2D eigenvalue weighted by Crippen LogP contribution is 2.22. The number of fused-ring (bicyclic) bond motifs is 1. The van der Waals surface area contributed by atoms with Crippen LogP contribution >= 0.6 is 0 Å². The monoisotopic (exact) mass is 166 g/mol. The number of nitrogens with two attached hydrogens (primary N) is 1. The molecular formula is C8H14N4. The van der Waals surface area contributed by atoms with Crippen LogP contribution in [0.3, 0.4) is 0 Å². The summed E-state index contributed by atoms with van der Waals surface area (Å²) in [5.41, 5.74) is 9.25. The van der Waals surface area contributed by atoms with Gasteiger partial charge in [0.1, 0.15) is 0 Å². The molecule has 66 valence electrons. The van der Waals surface area contributed by atoms with Gasteiger partial charge in [0, 0.05) is 36.8 Å². The number of aromatic nitrogens is 2. The number of aryl methyl sites for hydroxylation is 1. The predicted octanol–water partition coefficient (Wildman–Crippen LogP) is -0.136. The van der Waals surface area contributed by atoms with Crippen molar-refractivity contribution in [1.82, 2.24) is 15.5 Å². The first-order valence-electron chi connectivity index (χ1n) is 4.30. The molecule has 4 N–H and O–H groups in total. The highest BCUT2D eigenvalue weighted by atomic mass is 15.1. The molecule has 1 aromatic heterocycles. The van der Waals surface area contributed by atoms with Crippen LogP contribution in [-0.4, -0.2) is 23.3 Å².